The van der Waals surface area contributed by atoms with Gasteiger partial charge >= 0.3 is 5.97 Å². The summed E-state index contributed by atoms with van der Waals surface area (Å²) in [6.45, 7) is 3.88. The average Bonchev–Trinajstić information content (AvgIpc) is 2.76. The van der Waals surface area contributed by atoms with E-state index < -0.39 is 30.1 Å². The fraction of sp³-hybridized carbons (Fsp3) is 0.391. The van der Waals surface area contributed by atoms with Gasteiger partial charge in [-0.2, -0.15) is 0 Å². The zero-order valence-corrected chi connectivity index (χ0v) is 17.8. The van der Waals surface area contributed by atoms with Crippen molar-refractivity contribution in [3.05, 3.63) is 60.2 Å². The van der Waals surface area contributed by atoms with Gasteiger partial charge < -0.3 is 25.2 Å². The van der Waals surface area contributed by atoms with E-state index in [-0.39, 0.29) is 5.92 Å². The molecular formula is C23H30N2O5. The molecule has 0 aliphatic heterocycles. The normalized spacial score (nSPS) is 13.8. The Bertz CT molecular complexity index is 808. The number of amides is 1. The zero-order valence-electron chi connectivity index (χ0n) is 17.8. The van der Waals surface area contributed by atoms with Crippen molar-refractivity contribution in [3.63, 3.8) is 0 Å². The lowest BCUT2D eigenvalue weighted by molar-refractivity contribution is -0.147. The maximum Gasteiger partial charge on any atom is 0.328 e. The number of carbonyl (C=O) groups is 2. The maximum absolute atomic E-state index is 12.8. The number of aliphatic hydroxyl groups is 1. The minimum Gasteiger partial charge on any atom is -0.497 e. The fourth-order valence-corrected chi connectivity index (χ4v) is 3.11. The van der Waals surface area contributed by atoms with Crippen LogP contribution in [0.5, 0.6) is 5.75 Å². The summed E-state index contributed by atoms with van der Waals surface area (Å²) in [5.74, 6) is -0.330. The monoisotopic (exact) mass is 414 g/mol. The van der Waals surface area contributed by atoms with Gasteiger partial charge in [-0.05, 0) is 42.2 Å². The third-order valence-corrected chi connectivity index (χ3v) is 4.66. The molecule has 3 N–H and O–H groups in total. The summed E-state index contributed by atoms with van der Waals surface area (Å²) in [5, 5.41) is 16.7. The number of aliphatic hydroxyl groups excluding tert-OH is 1. The third-order valence-electron chi connectivity index (χ3n) is 4.66. The molecule has 0 radical (unpaired) electrons. The van der Waals surface area contributed by atoms with E-state index in [4.69, 9.17) is 9.47 Å². The molecule has 7 nitrogen and oxygen atoms in total. The Balaban J connectivity index is 2.23. The van der Waals surface area contributed by atoms with Crippen molar-refractivity contribution in [2.45, 2.75) is 38.5 Å². The second kappa shape index (κ2) is 11.2. The van der Waals surface area contributed by atoms with Crippen LogP contribution < -0.4 is 15.4 Å². The Hall–Kier alpha value is -3.06. The Morgan fingerprint density at radius 1 is 1.00 bits per heavy atom. The molecule has 0 saturated carbocycles. The molecule has 0 spiro atoms. The molecule has 30 heavy (non-hydrogen) atoms. The number of hydrogen-bond donors (Lipinski definition) is 3. The van der Waals surface area contributed by atoms with Crippen molar-refractivity contribution in [2.75, 3.05) is 19.5 Å². The van der Waals surface area contributed by atoms with Crippen LogP contribution in [0.4, 0.5) is 5.69 Å². The molecule has 7 heteroatoms. The number of rotatable bonds is 10. The Labute approximate surface area is 177 Å². The van der Waals surface area contributed by atoms with E-state index in [1.165, 1.54) is 7.11 Å². The van der Waals surface area contributed by atoms with E-state index >= 15 is 0 Å². The Morgan fingerprint density at radius 3 is 2.17 bits per heavy atom. The molecule has 0 saturated heterocycles. The second-order valence-corrected chi connectivity index (χ2v) is 7.42. The minimum atomic E-state index is -1.44. The summed E-state index contributed by atoms with van der Waals surface area (Å²) in [6, 6.07) is 14.8. The van der Waals surface area contributed by atoms with Gasteiger partial charge in [0.2, 0.25) is 0 Å². The Morgan fingerprint density at radius 2 is 1.63 bits per heavy atom. The van der Waals surface area contributed by atoms with Crippen LogP contribution in [0.15, 0.2) is 54.6 Å². The second-order valence-electron chi connectivity index (χ2n) is 7.42. The van der Waals surface area contributed by atoms with Gasteiger partial charge in [0.05, 0.1) is 20.3 Å². The highest BCUT2D eigenvalue weighted by Crippen LogP contribution is 2.25. The highest BCUT2D eigenvalue weighted by molar-refractivity contribution is 5.87. The first-order chi connectivity index (χ1) is 14.3. The molecule has 162 valence electrons. The van der Waals surface area contributed by atoms with Crippen molar-refractivity contribution in [3.8, 4) is 5.75 Å². The fourth-order valence-electron chi connectivity index (χ4n) is 3.11. The molecule has 0 aliphatic carbocycles. The van der Waals surface area contributed by atoms with Gasteiger partial charge in [0, 0.05) is 5.69 Å². The molecule has 1 amide bonds. The summed E-state index contributed by atoms with van der Waals surface area (Å²) in [4.78, 5) is 24.9. The lowest BCUT2D eigenvalue weighted by Gasteiger charge is -2.27. The molecule has 3 atom stereocenters. The highest BCUT2D eigenvalue weighted by Gasteiger charge is 2.31. The number of esters is 1. The van der Waals surface area contributed by atoms with Crippen molar-refractivity contribution in [1.29, 1.82) is 0 Å². The molecule has 0 fully saturated rings. The van der Waals surface area contributed by atoms with E-state index in [0.717, 1.165) is 5.56 Å². The predicted molar refractivity (Wildman–Crippen MR) is 115 cm³/mol. The van der Waals surface area contributed by atoms with Crippen molar-refractivity contribution in [1.82, 2.24) is 5.32 Å². The third kappa shape index (κ3) is 6.49. The van der Waals surface area contributed by atoms with Gasteiger partial charge in [-0.15, -0.1) is 0 Å². The number of ether oxygens (including phenoxy) is 2. The maximum atomic E-state index is 12.8. The largest absolute Gasteiger partial charge is 0.497 e. The number of carbonyl (C=O) groups excluding carboxylic acids is 2. The standard InChI is InChI=1S/C23H30N2O5/c1-15(2)14-19(23(28)30-4)25-22(27)21(26)20(16-8-6-5-7-9-16)24-17-10-12-18(29-3)13-11-17/h5-13,15,19-21,24,26H,14H2,1-4H3,(H,25,27)/t19-,20-,21-/m0/s1. The molecular weight excluding hydrogens is 384 g/mol. The van der Waals surface area contributed by atoms with Gasteiger partial charge in [-0.1, -0.05) is 44.2 Å². The highest BCUT2D eigenvalue weighted by atomic mass is 16.5. The van der Waals surface area contributed by atoms with E-state index in [0.29, 0.717) is 17.9 Å². The lowest BCUT2D eigenvalue weighted by Crippen LogP contribution is -2.49. The number of anilines is 1. The van der Waals surface area contributed by atoms with E-state index in [9.17, 15) is 14.7 Å². The van der Waals surface area contributed by atoms with Crippen molar-refractivity contribution < 1.29 is 24.2 Å². The minimum absolute atomic E-state index is 0.161. The predicted octanol–water partition coefficient (Wildman–Crippen LogP) is 2.91. The summed E-state index contributed by atoms with van der Waals surface area (Å²) < 4.78 is 9.96. The van der Waals surface area contributed by atoms with Crippen molar-refractivity contribution in [2.24, 2.45) is 5.92 Å². The lowest BCUT2D eigenvalue weighted by atomic mass is 9.99. The number of nitrogens with one attached hydrogen (secondary N) is 2. The zero-order chi connectivity index (χ0) is 22.1. The average molecular weight is 415 g/mol. The van der Waals surface area contributed by atoms with Crippen LogP contribution in [0.3, 0.4) is 0 Å². The number of benzene rings is 2. The van der Waals surface area contributed by atoms with Crippen LogP contribution in [0.2, 0.25) is 0 Å². The molecule has 0 unspecified atom stereocenters. The van der Waals surface area contributed by atoms with Gasteiger partial charge in [-0.25, -0.2) is 4.79 Å². The topological polar surface area (TPSA) is 96.9 Å². The molecule has 2 aromatic rings. The smallest absolute Gasteiger partial charge is 0.328 e. The number of hydrogen-bond acceptors (Lipinski definition) is 6. The molecule has 0 aromatic heterocycles. The van der Waals surface area contributed by atoms with Crippen LogP contribution >= 0.6 is 0 Å². The summed E-state index contributed by atoms with van der Waals surface area (Å²) in [5.41, 5.74) is 1.44. The molecule has 0 bridgehead atoms. The summed E-state index contributed by atoms with van der Waals surface area (Å²) >= 11 is 0. The molecule has 0 aliphatic rings. The molecule has 2 rings (SSSR count). The Kier molecular flexibility index (Phi) is 8.68. The SMILES string of the molecule is COC(=O)[C@H](CC(C)C)NC(=O)[C@@H](O)[C@@H](Nc1ccc(OC)cc1)c1ccccc1. The van der Waals surface area contributed by atoms with Gasteiger partial charge in [-0.3, -0.25) is 4.79 Å². The quantitative estimate of drug-likeness (QED) is 0.517. The number of methoxy groups -OCH3 is 2. The van der Waals surface area contributed by atoms with E-state index in [2.05, 4.69) is 10.6 Å². The summed E-state index contributed by atoms with van der Waals surface area (Å²) in [6.07, 6.45) is -1.03. The van der Waals surface area contributed by atoms with Gasteiger partial charge in [0.1, 0.15) is 11.8 Å². The van der Waals surface area contributed by atoms with Crippen LogP contribution in [0.1, 0.15) is 31.9 Å². The van der Waals surface area contributed by atoms with Crippen LogP contribution in [0, 0.1) is 5.92 Å². The van der Waals surface area contributed by atoms with Crippen molar-refractivity contribution >= 4 is 17.6 Å². The molecule has 2 aromatic carbocycles. The first-order valence-corrected chi connectivity index (χ1v) is 9.87. The van der Waals surface area contributed by atoms with Gasteiger partial charge in [0.15, 0.2) is 6.10 Å². The van der Waals surface area contributed by atoms with Crippen LogP contribution in [0.25, 0.3) is 0 Å². The van der Waals surface area contributed by atoms with Crippen LogP contribution in [-0.2, 0) is 14.3 Å². The summed E-state index contributed by atoms with van der Waals surface area (Å²) in [7, 11) is 2.86. The van der Waals surface area contributed by atoms with Gasteiger partial charge in [0.25, 0.3) is 5.91 Å². The molecule has 0 heterocycles. The van der Waals surface area contributed by atoms with Crippen LogP contribution in [-0.4, -0.2) is 43.3 Å². The first-order valence-electron chi connectivity index (χ1n) is 9.87. The van der Waals surface area contributed by atoms with E-state index in [1.54, 1.807) is 31.4 Å². The van der Waals surface area contributed by atoms with E-state index in [1.807, 2.05) is 44.2 Å². The first kappa shape index (κ1) is 23.2.